The van der Waals surface area contributed by atoms with Gasteiger partial charge < -0.3 is 4.90 Å². The number of nitrogens with one attached hydrogen (secondary N) is 1. The van der Waals surface area contributed by atoms with Gasteiger partial charge in [0.05, 0.1) is 26.3 Å². The molecule has 146 valence electrons. The summed E-state index contributed by atoms with van der Waals surface area (Å²) in [6.45, 7) is 3.67. The summed E-state index contributed by atoms with van der Waals surface area (Å²) in [7, 11) is 4.23. The molecular formula is C22H25ClN3OS+. The highest BCUT2D eigenvalue weighted by molar-refractivity contribution is 7.14. The maximum absolute atomic E-state index is 13.2. The van der Waals surface area contributed by atoms with Gasteiger partial charge in [-0.15, -0.1) is 11.3 Å². The summed E-state index contributed by atoms with van der Waals surface area (Å²) in [5.41, 5.74) is 3.74. The maximum atomic E-state index is 13.2. The maximum Gasteiger partial charge on any atom is 0.260 e. The zero-order valence-corrected chi connectivity index (χ0v) is 18.0. The van der Waals surface area contributed by atoms with Gasteiger partial charge in [0.1, 0.15) is 0 Å². The van der Waals surface area contributed by atoms with E-state index in [9.17, 15) is 4.79 Å². The van der Waals surface area contributed by atoms with Crippen LogP contribution in [0.25, 0.3) is 11.3 Å². The quantitative estimate of drug-likeness (QED) is 0.635. The zero-order valence-electron chi connectivity index (χ0n) is 16.4. The van der Waals surface area contributed by atoms with Crippen molar-refractivity contribution in [3.8, 4) is 11.3 Å². The minimum absolute atomic E-state index is 0.0685. The smallest absolute Gasteiger partial charge is 0.260 e. The molecule has 2 aromatic carbocycles. The Kier molecular flexibility index (Phi) is 6.83. The van der Waals surface area contributed by atoms with E-state index >= 15 is 0 Å². The first kappa shape index (κ1) is 20.5. The van der Waals surface area contributed by atoms with Gasteiger partial charge in [-0.25, -0.2) is 4.98 Å². The Morgan fingerprint density at radius 1 is 1.18 bits per heavy atom. The van der Waals surface area contributed by atoms with E-state index in [-0.39, 0.29) is 5.91 Å². The average Bonchev–Trinajstić information content (AvgIpc) is 3.15. The Hall–Kier alpha value is -2.21. The highest BCUT2D eigenvalue weighted by Gasteiger charge is 2.21. The van der Waals surface area contributed by atoms with E-state index in [1.807, 2.05) is 5.38 Å². The molecule has 28 heavy (non-hydrogen) atoms. The molecule has 4 nitrogen and oxygen atoms in total. The molecular weight excluding hydrogens is 390 g/mol. The van der Waals surface area contributed by atoms with Crippen LogP contribution in [-0.2, 0) is 0 Å². The normalized spacial score (nSPS) is 11.0. The lowest BCUT2D eigenvalue weighted by molar-refractivity contribution is -0.858. The van der Waals surface area contributed by atoms with Gasteiger partial charge in [0.2, 0.25) is 0 Å². The van der Waals surface area contributed by atoms with Crippen molar-refractivity contribution in [1.82, 2.24) is 4.98 Å². The molecule has 1 N–H and O–H groups in total. The molecule has 0 atom stereocenters. The fourth-order valence-corrected chi connectivity index (χ4v) is 3.95. The third-order valence-electron chi connectivity index (χ3n) is 4.45. The Balaban J connectivity index is 1.88. The van der Waals surface area contributed by atoms with Gasteiger partial charge in [-0.05, 0) is 25.1 Å². The molecule has 3 aromatic rings. The third-order valence-corrected chi connectivity index (χ3v) is 5.54. The van der Waals surface area contributed by atoms with Crippen molar-refractivity contribution in [1.29, 1.82) is 0 Å². The topological polar surface area (TPSA) is 37.6 Å². The van der Waals surface area contributed by atoms with Crippen molar-refractivity contribution in [2.75, 3.05) is 32.1 Å². The first-order valence-electron chi connectivity index (χ1n) is 9.33. The SMILES string of the molecule is Cc1ccc(-c2csc(N(CCC[NH+](C)C)C(=O)c3cccc(Cl)c3)n2)cc1. The molecule has 0 saturated heterocycles. The van der Waals surface area contributed by atoms with Crippen LogP contribution in [0.2, 0.25) is 5.02 Å². The summed E-state index contributed by atoms with van der Waals surface area (Å²) in [4.78, 5) is 21.1. The Morgan fingerprint density at radius 3 is 2.61 bits per heavy atom. The van der Waals surface area contributed by atoms with E-state index in [0.717, 1.165) is 24.2 Å². The van der Waals surface area contributed by atoms with Crippen LogP contribution in [0.4, 0.5) is 5.13 Å². The standard InChI is InChI=1S/C22H24ClN3OS/c1-16-8-10-17(11-9-16)20-15-28-22(24-20)26(13-5-12-25(2)3)21(27)18-6-4-7-19(23)14-18/h4,6-11,14-15H,5,12-13H2,1-3H3/p+1. The highest BCUT2D eigenvalue weighted by Crippen LogP contribution is 2.29. The lowest BCUT2D eigenvalue weighted by atomic mass is 10.1. The number of hydrogen-bond donors (Lipinski definition) is 1. The number of carbonyl (C=O) groups is 1. The second-order valence-electron chi connectivity index (χ2n) is 7.16. The van der Waals surface area contributed by atoms with Crippen LogP contribution in [-0.4, -0.2) is 38.1 Å². The molecule has 0 spiro atoms. The predicted octanol–water partition coefficient (Wildman–Crippen LogP) is 3.95. The van der Waals surface area contributed by atoms with Gasteiger partial charge in [-0.1, -0.05) is 47.5 Å². The Labute approximate surface area is 175 Å². The number of aromatic nitrogens is 1. The molecule has 1 heterocycles. The van der Waals surface area contributed by atoms with Crippen molar-refractivity contribution in [2.45, 2.75) is 13.3 Å². The van der Waals surface area contributed by atoms with E-state index in [0.29, 0.717) is 22.3 Å². The van der Waals surface area contributed by atoms with Crippen molar-refractivity contribution >= 4 is 34.0 Å². The van der Waals surface area contributed by atoms with Crippen LogP contribution in [0, 0.1) is 6.92 Å². The minimum Gasteiger partial charge on any atom is -0.340 e. The monoisotopic (exact) mass is 414 g/mol. The van der Waals surface area contributed by atoms with Crippen LogP contribution in [0.15, 0.2) is 53.9 Å². The number of rotatable bonds is 7. The number of halogens is 1. The summed E-state index contributed by atoms with van der Waals surface area (Å²) in [6, 6.07) is 15.4. The number of hydrogen-bond acceptors (Lipinski definition) is 3. The molecule has 0 aliphatic rings. The van der Waals surface area contributed by atoms with Crippen molar-refractivity contribution in [3.63, 3.8) is 0 Å². The van der Waals surface area contributed by atoms with Gasteiger partial charge in [0.25, 0.3) is 5.91 Å². The van der Waals surface area contributed by atoms with E-state index in [4.69, 9.17) is 16.6 Å². The Bertz CT molecular complexity index is 937. The van der Waals surface area contributed by atoms with Crippen LogP contribution >= 0.6 is 22.9 Å². The van der Waals surface area contributed by atoms with Crippen LogP contribution in [0.1, 0.15) is 22.3 Å². The van der Waals surface area contributed by atoms with Gasteiger partial charge in [-0.3, -0.25) is 9.69 Å². The van der Waals surface area contributed by atoms with E-state index in [2.05, 4.69) is 45.3 Å². The molecule has 0 aliphatic heterocycles. The number of anilines is 1. The number of thiazole rings is 1. The van der Waals surface area contributed by atoms with E-state index in [1.54, 1.807) is 29.2 Å². The second kappa shape index (κ2) is 9.32. The largest absolute Gasteiger partial charge is 0.340 e. The first-order valence-corrected chi connectivity index (χ1v) is 10.6. The summed E-state index contributed by atoms with van der Waals surface area (Å²) in [5, 5.41) is 3.28. The fraction of sp³-hybridized carbons (Fsp3) is 0.273. The van der Waals surface area contributed by atoms with E-state index < -0.39 is 0 Å². The van der Waals surface area contributed by atoms with Gasteiger partial charge in [0, 0.05) is 34.5 Å². The molecule has 6 heteroatoms. The summed E-state index contributed by atoms with van der Waals surface area (Å²) >= 11 is 7.59. The van der Waals surface area contributed by atoms with Gasteiger partial charge in [-0.2, -0.15) is 0 Å². The number of benzene rings is 2. The number of amides is 1. The minimum atomic E-state index is -0.0685. The molecule has 1 aromatic heterocycles. The summed E-state index contributed by atoms with van der Waals surface area (Å²) in [6.07, 6.45) is 0.897. The van der Waals surface area contributed by atoms with Crippen molar-refractivity contribution < 1.29 is 9.69 Å². The lowest BCUT2D eigenvalue weighted by Gasteiger charge is -2.20. The molecule has 0 unspecified atom stereocenters. The molecule has 0 bridgehead atoms. The molecule has 0 fully saturated rings. The predicted molar refractivity (Wildman–Crippen MR) is 118 cm³/mol. The number of carbonyl (C=O) groups excluding carboxylic acids is 1. The van der Waals surface area contributed by atoms with Gasteiger partial charge in [0.15, 0.2) is 5.13 Å². The van der Waals surface area contributed by atoms with Crippen molar-refractivity contribution in [2.24, 2.45) is 0 Å². The zero-order chi connectivity index (χ0) is 20.1. The first-order chi connectivity index (χ1) is 13.4. The number of aryl methyl sites for hydroxylation is 1. The Morgan fingerprint density at radius 2 is 1.93 bits per heavy atom. The summed E-state index contributed by atoms with van der Waals surface area (Å²) in [5.74, 6) is -0.0685. The average molecular weight is 415 g/mol. The molecule has 1 amide bonds. The van der Waals surface area contributed by atoms with Crippen LogP contribution in [0.3, 0.4) is 0 Å². The lowest BCUT2D eigenvalue weighted by Crippen LogP contribution is -3.05. The molecule has 0 saturated carbocycles. The number of quaternary nitrogens is 1. The van der Waals surface area contributed by atoms with Gasteiger partial charge >= 0.3 is 0 Å². The van der Waals surface area contributed by atoms with Crippen LogP contribution < -0.4 is 9.80 Å². The fourth-order valence-electron chi connectivity index (χ4n) is 2.90. The molecule has 0 aliphatic carbocycles. The van der Waals surface area contributed by atoms with Crippen LogP contribution in [0.5, 0.6) is 0 Å². The highest BCUT2D eigenvalue weighted by atomic mass is 35.5. The second-order valence-corrected chi connectivity index (χ2v) is 8.43. The molecule has 3 rings (SSSR count). The summed E-state index contributed by atoms with van der Waals surface area (Å²) < 4.78 is 0. The third kappa shape index (κ3) is 5.19. The van der Waals surface area contributed by atoms with E-state index in [1.165, 1.54) is 21.8 Å². The number of nitrogens with zero attached hydrogens (tertiary/aromatic N) is 2. The van der Waals surface area contributed by atoms with Crippen molar-refractivity contribution in [3.05, 3.63) is 70.1 Å². The molecule has 0 radical (unpaired) electrons.